The van der Waals surface area contributed by atoms with Gasteiger partial charge in [-0.2, -0.15) is 0 Å². The summed E-state index contributed by atoms with van der Waals surface area (Å²) < 4.78 is 30.6. The summed E-state index contributed by atoms with van der Waals surface area (Å²) in [6.45, 7) is 0.296. The van der Waals surface area contributed by atoms with Crippen LogP contribution in [0.3, 0.4) is 0 Å². The predicted molar refractivity (Wildman–Crippen MR) is 160 cm³/mol. The van der Waals surface area contributed by atoms with E-state index in [2.05, 4.69) is 15.6 Å². The van der Waals surface area contributed by atoms with Gasteiger partial charge in [0.2, 0.25) is 11.8 Å². The van der Waals surface area contributed by atoms with Gasteiger partial charge in [-0.3, -0.25) is 14.6 Å². The Kier molecular flexibility index (Phi) is 10.9. The summed E-state index contributed by atoms with van der Waals surface area (Å²) in [6.07, 6.45) is 3.27. The first-order valence-corrected chi connectivity index (χ1v) is 14.2. The standard InChI is InChI=1S/C32H29ClFN3O7.Li/c1-42-27-17-22-24(18-28(27)43-15-3-2-4-29(38)39)35-14-11-25(22)44-26-10-9-21(16-23(26)33)37-31(41)32(12-13-32)30(40)36-20-7-5-19(34)6-8-20;/h5-11,14,16-18H,2-4,12-13,15H2,1H3,(H,36,40)(H,37,41)(H,38,39);/q;+1/p-1. The van der Waals surface area contributed by atoms with Crippen LogP contribution >= 0.6 is 11.6 Å². The number of aromatic nitrogens is 1. The number of methoxy groups -OCH3 is 1. The molecule has 0 radical (unpaired) electrons. The molecule has 3 aromatic carbocycles. The molecule has 0 atom stereocenters. The van der Waals surface area contributed by atoms with Gasteiger partial charge in [0.15, 0.2) is 11.5 Å². The number of aliphatic carboxylic acids is 1. The van der Waals surface area contributed by atoms with E-state index in [4.69, 9.17) is 25.8 Å². The first kappa shape index (κ1) is 33.6. The van der Waals surface area contributed by atoms with E-state index in [1.54, 1.807) is 36.5 Å². The summed E-state index contributed by atoms with van der Waals surface area (Å²) in [5, 5.41) is 16.9. The van der Waals surface area contributed by atoms with Gasteiger partial charge >= 0.3 is 18.9 Å². The summed E-state index contributed by atoms with van der Waals surface area (Å²) in [6, 6.07) is 15.2. The Morgan fingerprint density at radius 2 is 1.60 bits per heavy atom. The van der Waals surface area contributed by atoms with Crippen molar-refractivity contribution in [2.75, 3.05) is 24.4 Å². The predicted octanol–water partition coefficient (Wildman–Crippen LogP) is 2.49. The van der Waals surface area contributed by atoms with Crippen LogP contribution in [0.1, 0.15) is 32.1 Å². The molecule has 1 fully saturated rings. The fourth-order valence-corrected chi connectivity index (χ4v) is 4.76. The minimum Gasteiger partial charge on any atom is -0.550 e. The third kappa shape index (κ3) is 8.05. The van der Waals surface area contributed by atoms with Crippen LogP contribution in [0.25, 0.3) is 10.9 Å². The van der Waals surface area contributed by atoms with Crippen molar-refractivity contribution in [3.63, 3.8) is 0 Å². The number of carbonyl (C=O) groups is 3. The van der Waals surface area contributed by atoms with Gasteiger partial charge < -0.3 is 34.7 Å². The number of ether oxygens (including phenoxy) is 3. The fourth-order valence-electron chi connectivity index (χ4n) is 4.54. The second-order valence-corrected chi connectivity index (χ2v) is 10.7. The summed E-state index contributed by atoms with van der Waals surface area (Å²) >= 11 is 6.53. The molecular formula is C32H28ClFLiN3O7. The number of pyridine rings is 1. The number of unbranched alkanes of at least 4 members (excludes halogenated alkanes) is 1. The zero-order chi connectivity index (χ0) is 31.3. The van der Waals surface area contributed by atoms with Gasteiger partial charge in [0.1, 0.15) is 22.7 Å². The number of carboxylic acid groups (broad SMARTS) is 1. The third-order valence-electron chi connectivity index (χ3n) is 7.15. The van der Waals surface area contributed by atoms with E-state index in [-0.39, 0.29) is 30.3 Å². The molecule has 2 amide bonds. The normalized spacial score (nSPS) is 12.9. The second kappa shape index (κ2) is 14.7. The molecule has 0 saturated heterocycles. The van der Waals surface area contributed by atoms with E-state index in [0.717, 1.165) is 0 Å². The van der Waals surface area contributed by atoms with Crippen LogP contribution in [-0.4, -0.2) is 36.5 Å². The van der Waals surface area contributed by atoms with Crippen LogP contribution in [0.15, 0.2) is 66.9 Å². The molecule has 1 aromatic heterocycles. The van der Waals surface area contributed by atoms with Crippen molar-refractivity contribution in [1.82, 2.24) is 4.98 Å². The molecular weight excluding hydrogens is 600 g/mol. The van der Waals surface area contributed by atoms with Crippen LogP contribution < -0.4 is 48.8 Å². The van der Waals surface area contributed by atoms with Crippen LogP contribution in [0.4, 0.5) is 15.8 Å². The van der Waals surface area contributed by atoms with Crippen LogP contribution in [-0.2, 0) is 14.4 Å². The minimum atomic E-state index is -1.22. The van der Waals surface area contributed by atoms with Crippen molar-refractivity contribution in [3.05, 3.63) is 77.7 Å². The van der Waals surface area contributed by atoms with Gasteiger partial charge in [0.05, 0.1) is 24.3 Å². The molecule has 1 saturated carbocycles. The van der Waals surface area contributed by atoms with Crippen molar-refractivity contribution < 1.29 is 57.0 Å². The number of hydrogen-bond acceptors (Lipinski definition) is 8. The zero-order valence-corrected chi connectivity index (χ0v) is 25.4. The maximum atomic E-state index is 13.2. The molecule has 228 valence electrons. The van der Waals surface area contributed by atoms with Gasteiger partial charge in [-0.05, 0) is 86.7 Å². The van der Waals surface area contributed by atoms with Gasteiger partial charge in [0, 0.05) is 35.0 Å². The molecule has 0 unspecified atom stereocenters. The van der Waals surface area contributed by atoms with Crippen molar-refractivity contribution in [2.24, 2.45) is 5.41 Å². The van der Waals surface area contributed by atoms with Crippen LogP contribution in [0.2, 0.25) is 5.02 Å². The zero-order valence-electron chi connectivity index (χ0n) is 24.7. The summed E-state index contributed by atoms with van der Waals surface area (Å²) in [4.78, 5) is 40.9. The van der Waals surface area contributed by atoms with Crippen molar-refractivity contribution >= 4 is 51.7 Å². The minimum absolute atomic E-state index is 0. The molecule has 0 spiro atoms. The van der Waals surface area contributed by atoms with E-state index >= 15 is 0 Å². The van der Waals surface area contributed by atoms with Crippen LogP contribution in [0.5, 0.6) is 23.0 Å². The number of halogens is 2. The number of rotatable bonds is 13. The number of benzene rings is 3. The van der Waals surface area contributed by atoms with Crippen molar-refractivity contribution in [1.29, 1.82) is 0 Å². The first-order chi connectivity index (χ1) is 21.2. The summed E-state index contributed by atoms with van der Waals surface area (Å²) in [5.41, 5.74) is 0.136. The third-order valence-corrected chi connectivity index (χ3v) is 7.45. The quantitative estimate of drug-likeness (QED) is 0.131. The van der Waals surface area contributed by atoms with Gasteiger partial charge in [-0.25, -0.2) is 4.39 Å². The van der Waals surface area contributed by atoms with E-state index in [1.807, 2.05) is 0 Å². The molecule has 0 aliphatic heterocycles. The number of fused-ring (bicyclic) bond motifs is 1. The number of nitrogens with one attached hydrogen (secondary N) is 2. The SMILES string of the molecule is COc1cc2c(Oc3ccc(NC(=O)C4(C(=O)Nc5ccc(F)cc5)CC4)cc3Cl)ccnc2cc1OCCCCC(=O)[O-].[Li+]. The number of carbonyl (C=O) groups excluding carboxylic acids is 3. The number of carboxylic acids is 1. The van der Waals surface area contributed by atoms with E-state index in [9.17, 15) is 23.9 Å². The number of nitrogens with zero attached hydrogens (tertiary/aromatic N) is 1. The van der Waals surface area contributed by atoms with Gasteiger partial charge in [0.25, 0.3) is 0 Å². The molecule has 4 aromatic rings. The van der Waals surface area contributed by atoms with E-state index < -0.39 is 29.0 Å². The number of anilines is 2. The summed E-state index contributed by atoms with van der Waals surface area (Å²) in [7, 11) is 1.50. The largest absolute Gasteiger partial charge is 1.00 e. The van der Waals surface area contributed by atoms with Gasteiger partial charge in [-0.1, -0.05) is 11.6 Å². The molecule has 1 heterocycles. The maximum absolute atomic E-state index is 13.2. The molecule has 5 rings (SSSR count). The van der Waals surface area contributed by atoms with Crippen molar-refractivity contribution in [3.8, 4) is 23.0 Å². The fraction of sp³-hybridized carbons (Fsp3) is 0.250. The number of hydrogen-bond donors (Lipinski definition) is 2. The Bertz CT molecular complexity index is 1720. The monoisotopic (exact) mass is 627 g/mol. The average Bonchev–Trinajstić information content (AvgIpc) is 3.82. The molecule has 2 N–H and O–H groups in total. The van der Waals surface area contributed by atoms with E-state index in [0.29, 0.717) is 77.6 Å². The molecule has 0 bridgehead atoms. The topological polar surface area (TPSA) is 139 Å². The van der Waals surface area contributed by atoms with Crippen molar-refractivity contribution in [2.45, 2.75) is 32.1 Å². The Hall–Kier alpha value is -4.30. The summed E-state index contributed by atoms with van der Waals surface area (Å²) in [5.74, 6) is -0.791. The Labute approximate surface area is 275 Å². The molecule has 1 aliphatic rings. The Morgan fingerprint density at radius 3 is 2.24 bits per heavy atom. The Balaban J connectivity index is 0.00000461. The Morgan fingerprint density at radius 1 is 0.911 bits per heavy atom. The molecule has 10 nitrogen and oxygen atoms in total. The number of amides is 2. The second-order valence-electron chi connectivity index (χ2n) is 10.3. The first-order valence-electron chi connectivity index (χ1n) is 13.8. The molecule has 13 heteroatoms. The van der Waals surface area contributed by atoms with Gasteiger partial charge in [-0.15, -0.1) is 0 Å². The smallest absolute Gasteiger partial charge is 0.550 e. The van der Waals surface area contributed by atoms with E-state index in [1.165, 1.54) is 37.4 Å². The molecule has 45 heavy (non-hydrogen) atoms. The molecule has 1 aliphatic carbocycles. The maximum Gasteiger partial charge on any atom is 1.00 e. The van der Waals surface area contributed by atoms with Crippen LogP contribution in [0, 0.1) is 11.2 Å². The average molecular weight is 628 g/mol.